The molecule has 3 rings (SSSR count). The number of nitrogens with zero attached hydrogens (tertiary/aromatic N) is 1. The topological polar surface area (TPSA) is 92.8 Å². The van der Waals surface area contributed by atoms with Crippen molar-refractivity contribution in [2.45, 2.75) is 31.3 Å². The summed E-state index contributed by atoms with van der Waals surface area (Å²) in [4.78, 5) is 24.0. The molecule has 2 heterocycles. The Bertz CT molecular complexity index is 864. The average Bonchev–Trinajstić information content (AvgIpc) is 3.00. The van der Waals surface area contributed by atoms with Crippen molar-refractivity contribution in [3.63, 3.8) is 0 Å². The number of amides is 2. The van der Waals surface area contributed by atoms with Gasteiger partial charge in [-0.1, -0.05) is 6.07 Å². The van der Waals surface area contributed by atoms with Crippen molar-refractivity contribution < 1.29 is 35.9 Å². The lowest BCUT2D eigenvalue weighted by molar-refractivity contribution is -0.132. The highest BCUT2D eigenvalue weighted by Gasteiger charge is 2.34. The Balaban J connectivity index is 1.65. The third-order valence-electron chi connectivity index (χ3n) is 4.87. The van der Waals surface area contributed by atoms with Crippen LogP contribution in [0.1, 0.15) is 24.3 Å². The quantitative estimate of drug-likeness (QED) is 0.785. The molecule has 2 aliphatic rings. The third-order valence-corrected chi connectivity index (χ3v) is 6.58. The van der Waals surface area contributed by atoms with Crippen molar-refractivity contribution in [2.24, 2.45) is 0 Å². The van der Waals surface area contributed by atoms with Gasteiger partial charge in [0.1, 0.15) is 21.8 Å². The Hall–Kier alpha value is -2.30. The molecule has 0 aliphatic carbocycles. The maximum atomic E-state index is 14.6. The first kappa shape index (κ1) is 20.4. The fourth-order valence-electron chi connectivity index (χ4n) is 3.35. The molecule has 7 nitrogen and oxygen atoms in total. The van der Waals surface area contributed by atoms with Gasteiger partial charge < -0.3 is 10.1 Å². The Morgan fingerprint density at radius 2 is 1.96 bits per heavy atom. The molecular formula is C17H19F3N2O5S. The Kier molecular flexibility index (Phi) is 5.82. The zero-order valence-electron chi connectivity index (χ0n) is 14.7. The second-order valence-corrected chi connectivity index (χ2v) is 9.10. The number of halogens is 3. The molecule has 1 N–H and O–H groups in total. The van der Waals surface area contributed by atoms with E-state index in [1.54, 1.807) is 0 Å². The zero-order valence-corrected chi connectivity index (χ0v) is 15.6. The first-order valence-corrected chi connectivity index (χ1v) is 10.5. The second kappa shape index (κ2) is 7.98. The van der Waals surface area contributed by atoms with Crippen LogP contribution in [0.5, 0.6) is 0 Å². The van der Waals surface area contributed by atoms with Gasteiger partial charge in [0.25, 0.3) is 5.91 Å². The normalized spacial score (nSPS) is 22.4. The number of anilines is 1. The van der Waals surface area contributed by atoms with E-state index in [0.29, 0.717) is 18.4 Å². The monoisotopic (exact) mass is 420 g/mol. The molecule has 0 aromatic heterocycles. The van der Waals surface area contributed by atoms with Gasteiger partial charge in [-0.05, 0) is 36.5 Å². The van der Waals surface area contributed by atoms with Gasteiger partial charge in [0, 0.05) is 0 Å². The van der Waals surface area contributed by atoms with E-state index in [1.165, 1.54) is 18.2 Å². The number of carbonyl (C=O) groups excluding carboxylic acids is 2. The van der Waals surface area contributed by atoms with E-state index in [4.69, 9.17) is 4.74 Å². The van der Waals surface area contributed by atoms with E-state index in [9.17, 15) is 31.2 Å². The highest BCUT2D eigenvalue weighted by Crippen LogP contribution is 2.33. The van der Waals surface area contributed by atoms with Crippen LogP contribution < -0.4 is 10.2 Å². The van der Waals surface area contributed by atoms with Crippen LogP contribution >= 0.6 is 0 Å². The summed E-state index contributed by atoms with van der Waals surface area (Å²) in [6.45, 7) is -0.300. The fourth-order valence-corrected chi connectivity index (χ4v) is 4.84. The molecule has 0 saturated carbocycles. The Morgan fingerprint density at radius 1 is 1.29 bits per heavy atom. The molecule has 0 radical (unpaired) electrons. The molecule has 2 fully saturated rings. The number of alkyl halides is 2. The van der Waals surface area contributed by atoms with E-state index < -0.39 is 40.2 Å². The van der Waals surface area contributed by atoms with Crippen LogP contribution in [0.15, 0.2) is 18.2 Å². The fraction of sp³-hybridized carbons (Fsp3) is 0.529. The van der Waals surface area contributed by atoms with E-state index in [-0.39, 0.29) is 36.2 Å². The highest BCUT2D eigenvalue weighted by atomic mass is 32.2. The SMILES string of the molecule is O=C(NC[C@H]1CN(c2ccc(C3CCS(=O)(=O)CC3)c(F)c2)C(=O)O1)C(F)F. The Labute approximate surface area is 159 Å². The summed E-state index contributed by atoms with van der Waals surface area (Å²) in [5, 5.41) is 1.97. The Morgan fingerprint density at radius 3 is 2.57 bits per heavy atom. The largest absolute Gasteiger partial charge is 0.442 e. The molecule has 2 saturated heterocycles. The molecule has 1 aromatic rings. The smallest absolute Gasteiger partial charge is 0.414 e. The van der Waals surface area contributed by atoms with Gasteiger partial charge in [0.2, 0.25) is 0 Å². The van der Waals surface area contributed by atoms with Crippen LogP contribution in [0.25, 0.3) is 0 Å². The van der Waals surface area contributed by atoms with Crippen molar-refractivity contribution in [1.82, 2.24) is 5.32 Å². The molecule has 0 spiro atoms. The number of carbonyl (C=O) groups is 2. The van der Waals surface area contributed by atoms with Gasteiger partial charge in [-0.15, -0.1) is 0 Å². The van der Waals surface area contributed by atoms with Crippen LogP contribution in [0.2, 0.25) is 0 Å². The number of hydrogen-bond acceptors (Lipinski definition) is 5. The summed E-state index contributed by atoms with van der Waals surface area (Å²) in [6.07, 6.45) is -4.08. The first-order valence-electron chi connectivity index (χ1n) is 8.70. The molecule has 154 valence electrons. The number of cyclic esters (lactones) is 1. The van der Waals surface area contributed by atoms with Gasteiger partial charge in [-0.25, -0.2) is 17.6 Å². The van der Waals surface area contributed by atoms with E-state index >= 15 is 0 Å². The lowest BCUT2D eigenvalue weighted by Gasteiger charge is -2.23. The van der Waals surface area contributed by atoms with Crippen molar-refractivity contribution in [1.29, 1.82) is 0 Å². The maximum absolute atomic E-state index is 14.6. The van der Waals surface area contributed by atoms with Crippen molar-refractivity contribution in [2.75, 3.05) is 29.5 Å². The number of rotatable bonds is 5. The zero-order chi connectivity index (χ0) is 20.5. The van der Waals surface area contributed by atoms with E-state index in [1.807, 2.05) is 5.32 Å². The van der Waals surface area contributed by atoms with Gasteiger partial charge in [0.15, 0.2) is 0 Å². The minimum absolute atomic E-state index is 0.0172. The minimum Gasteiger partial charge on any atom is -0.442 e. The summed E-state index contributed by atoms with van der Waals surface area (Å²) in [5.41, 5.74) is 0.629. The molecule has 2 aliphatic heterocycles. The number of nitrogens with one attached hydrogen (secondary N) is 1. The van der Waals surface area contributed by atoms with Gasteiger partial charge in [-0.3, -0.25) is 9.69 Å². The van der Waals surface area contributed by atoms with Crippen LogP contribution in [-0.2, 0) is 19.4 Å². The summed E-state index contributed by atoms with van der Waals surface area (Å²) in [6, 6.07) is 4.22. The molecule has 2 amide bonds. The molecule has 1 aromatic carbocycles. The minimum atomic E-state index is -3.16. The lowest BCUT2D eigenvalue weighted by atomic mass is 9.93. The van der Waals surface area contributed by atoms with Crippen molar-refractivity contribution in [3.05, 3.63) is 29.6 Å². The predicted molar refractivity (Wildman–Crippen MR) is 93.7 cm³/mol. The number of benzene rings is 1. The van der Waals surface area contributed by atoms with Crippen molar-refractivity contribution >= 4 is 27.5 Å². The average molecular weight is 420 g/mol. The summed E-state index contributed by atoms with van der Waals surface area (Å²) in [7, 11) is -3.06. The van der Waals surface area contributed by atoms with Crippen LogP contribution in [-0.4, -0.2) is 57.5 Å². The molecule has 11 heteroatoms. The van der Waals surface area contributed by atoms with Gasteiger partial charge in [-0.2, -0.15) is 8.78 Å². The van der Waals surface area contributed by atoms with Crippen LogP contribution in [0, 0.1) is 5.82 Å². The maximum Gasteiger partial charge on any atom is 0.414 e. The molecule has 0 bridgehead atoms. The number of ether oxygens (including phenoxy) is 1. The van der Waals surface area contributed by atoms with Crippen LogP contribution in [0.4, 0.5) is 23.7 Å². The molecule has 0 unspecified atom stereocenters. The summed E-state index contributed by atoms with van der Waals surface area (Å²) >= 11 is 0. The molecular weight excluding hydrogens is 401 g/mol. The second-order valence-electron chi connectivity index (χ2n) is 6.79. The summed E-state index contributed by atoms with van der Waals surface area (Å²) in [5.74, 6) is -2.18. The first-order chi connectivity index (χ1) is 13.2. The molecule has 28 heavy (non-hydrogen) atoms. The van der Waals surface area contributed by atoms with E-state index in [0.717, 1.165) is 4.90 Å². The predicted octanol–water partition coefficient (Wildman–Crippen LogP) is 1.82. The van der Waals surface area contributed by atoms with Gasteiger partial charge in [0.05, 0.1) is 30.3 Å². The van der Waals surface area contributed by atoms with Gasteiger partial charge >= 0.3 is 12.5 Å². The van der Waals surface area contributed by atoms with E-state index in [2.05, 4.69) is 0 Å². The van der Waals surface area contributed by atoms with Crippen LogP contribution in [0.3, 0.4) is 0 Å². The lowest BCUT2D eigenvalue weighted by Crippen LogP contribution is -2.37. The number of hydrogen-bond donors (Lipinski definition) is 1. The highest BCUT2D eigenvalue weighted by molar-refractivity contribution is 7.91. The molecule has 1 atom stereocenters. The standard InChI is InChI=1S/C17H19F3N2O5S/c18-14-7-11(1-2-13(14)10-3-5-28(25,26)6-4-10)22-9-12(27-17(22)24)8-21-16(23)15(19)20/h1-2,7,10,12,15H,3-6,8-9H2,(H,21,23)/t12-/m0/s1. The van der Waals surface area contributed by atoms with Crippen molar-refractivity contribution in [3.8, 4) is 0 Å². The summed E-state index contributed by atoms with van der Waals surface area (Å²) < 4.78 is 67.0. The third kappa shape index (κ3) is 4.57. The number of sulfone groups is 1.